The summed E-state index contributed by atoms with van der Waals surface area (Å²) in [6, 6.07) is 6.79. The topological polar surface area (TPSA) is 83.0 Å². The number of nitrogens with zero attached hydrogens (tertiary/aromatic N) is 3. The number of carbonyl (C=O) groups excluding carboxylic acids is 2. The fraction of sp³-hybridized carbons (Fsp3) is 0.464. The van der Waals surface area contributed by atoms with E-state index in [0.717, 1.165) is 6.42 Å². The third-order valence-electron chi connectivity index (χ3n) is 6.14. The number of likely N-dealkylation sites (N-methyl/N-ethyl adjacent to an activating group) is 1. The summed E-state index contributed by atoms with van der Waals surface area (Å²) in [5.74, 6) is 5.44. The molecule has 0 fully saturated rings. The first-order valence-corrected chi connectivity index (χ1v) is 12.2. The third kappa shape index (κ3) is 6.61. The van der Waals surface area contributed by atoms with Crippen LogP contribution in [0.1, 0.15) is 60.4 Å². The van der Waals surface area contributed by atoms with Crippen LogP contribution in [0.5, 0.6) is 5.88 Å². The van der Waals surface area contributed by atoms with Crippen molar-refractivity contribution in [2.45, 2.75) is 46.3 Å². The van der Waals surface area contributed by atoms with E-state index in [1.165, 1.54) is 23.1 Å². The van der Waals surface area contributed by atoms with Gasteiger partial charge in [0.05, 0.1) is 19.2 Å². The number of rotatable bonds is 6. The minimum atomic E-state index is -0.502. The maximum Gasteiger partial charge on any atom is 0.259 e. The highest BCUT2D eigenvalue weighted by Gasteiger charge is 2.34. The van der Waals surface area contributed by atoms with Crippen LogP contribution in [-0.2, 0) is 0 Å². The number of fused-ring (bicyclic) bond motifs is 1. The Labute approximate surface area is 212 Å². The van der Waals surface area contributed by atoms with Crippen LogP contribution in [-0.4, -0.2) is 70.6 Å². The Morgan fingerprint density at radius 1 is 1.33 bits per heavy atom. The Balaban J connectivity index is 1.93. The normalized spacial score (nSPS) is 18.3. The van der Waals surface area contributed by atoms with E-state index < -0.39 is 18.0 Å². The molecule has 0 unspecified atom stereocenters. The van der Waals surface area contributed by atoms with Gasteiger partial charge in [0.2, 0.25) is 5.88 Å². The van der Waals surface area contributed by atoms with Gasteiger partial charge in [-0.1, -0.05) is 38.7 Å². The van der Waals surface area contributed by atoms with Crippen LogP contribution in [0.3, 0.4) is 0 Å². The summed E-state index contributed by atoms with van der Waals surface area (Å²) in [5, 5.41) is 9.81. The first-order valence-electron chi connectivity index (χ1n) is 12.2. The van der Waals surface area contributed by atoms with Crippen molar-refractivity contribution in [1.29, 1.82) is 0 Å². The van der Waals surface area contributed by atoms with E-state index in [1.54, 1.807) is 37.2 Å². The van der Waals surface area contributed by atoms with Crippen molar-refractivity contribution >= 4 is 11.8 Å². The molecule has 2 heterocycles. The van der Waals surface area contributed by atoms with Gasteiger partial charge in [0, 0.05) is 43.3 Å². The molecular weight excluding hydrogens is 461 g/mol. The number of halogens is 1. The summed E-state index contributed by atoms with van der Waals surface area (Å²) in [7, 11) is 1.63. The number of ether oxygens (including phenoxy) is 1. The largest absolute Gasteiger partial charge is 0.472 e. The van der Waals surface area contributed by atoms with Gasteiger partial charge in [-0.05, 0) is 37.1 Å². The SMILES string of the molecule is CC(C)CC#Cc1cnc2c(c1)C(=O)N([C@@H](C)CO)C[C@H](C)[C@@H](CN(C)C(=O)c1cccc(F)c1)O2. The molecular formula is C28H34FN3O4. The highest BCUT2D eigenvalue weighted by atomic mass is 19.1. The van der Waals surface area contributed by atoms with Crippen molar-refractivity contribution in [3.05, 3.63) is 59.0 Å². The van der Waals surface area contributed by atoms with Crippen LogP contribution in [0.2, 0.25) is 0 Å². The average molecular weight is 496 g/mol. The molecule has 1 aromatic carbocycles. The Kier molecular flexibility index (Phi) is 9.05. The molecule has 2 aromatic rings. The predicted octanol–water partition coefficient (Wildman–Crippen LogP) is 3.61. The molecule has 7 nitrogen and oxygen atoms in total. The Morgan fingerprint density at radius 2 is 2.08 bits per heavy atom. The summed E-state index contributed by atoms with van der Waals surface area (Å²) < 4.78 is 19.9. The Hall–Kier alpha value is -3.44. The molecule has 0 saturated carbocycles. The zero-order valence-corrected chi connectivity index (χ0v) is 21.5. The standard InChI is InChI=1S/C28H34FN3O4/c1-18(2)8-6-9-21-12-24-26(30-14-21)36-25(19(3)15-32(28(24)35)20(4)17-33)16-31(5)27(34)22-10-7-11-23(29)13-22/h7,10-14,18-20,25,33H,8,15-17H2,1-5H3/t19-,20-,25+/m0/s1. The monoisotopic (exact) mass is 495 g/mol. The molecule has 1 aliphatic rings. The van der Waals surface area contributed by atoms with E-state index in [9.17, 15) is 19.1 Å². The van der Waals surface area contributed by atoms with Crippen molar-refractivity contribution in [2.75, 3.05) is 26.7 Å². The number of carbonyl (C=O) groups is 2. The van der Waals surface area contributed by atoms with E-state index in [0.29, 0.717) is 18.0 Å². The van der Waals surface area contributed by atoms with Gasteiger partial charge in [0.15, 0.2) is 0 Å². The molecule has 0 saturated heterocycles. The van der Waals surface area contributed by atoms with Gasteiger partial charge in [0.1, 0.15) is 17.5 Å². The molecule has 1 N–H and O–H groups in total. The summed E-state index contributed by atoms with van der Waals surface area (Å²) >= 11 is 0. The van der Waals surface area contributed by atoms with Gasteiger partial charge < -0.3 is 19.6 Å². The number of pyridine rings is 1. The van der Waals surface area contributed by atoms with Crippen LogP contribution in [0.15, 0.2) is 36.5 Å². The number of aliphatic hydroxyl groups excluding tert-OH is 1. The summed E-state index contributed by atoms with van der Waals surface area (Å²) in [4.78, 5) is 33.9. The molecule has 36 heavy (non-hydrogen) atoms. The smallest absolute Gasteiger partial charge is 0.259 e. The van der Waals surface area contributed by atoms with Crippen LogP contribution in [0, 0.1) is 29.5 Å². The second-order valence-electron chi connectivity index (χ2n) is 9.80. The van der Waals surface area contributed by atoms with Gasteiger partial charge in [-0.3, -0.25) is 9.59 Å². The first-order chi connectivity index (χ1) is 17.1. The second kappa shape index (κ2) is 12.0. The van der Waals surface area contributed by atoms with E-state index >= 15 is 0 Å². The molecule has 8 heteroatoms. The fourth-order valence-electron chi connectivity index (χ4n) is 3.94. The molecule has 0 bridgehead atoms. The minimum Gasteiger partial charge on any atom is -0.472 e. The zero-order valence-electron chi connectivity index (χ0n) is 21.5. The van der Waals surface area contributed by atoms with E-state index in [2.05, 4.69) is 30.7 Å². The average Bonchev–Trinajstić information content (AvgIpc) is 2.85. The minimum absolute atomic E-state index is 0.160. The van der Waals surface area contributed by atoms with Crippen LogP contribution >= 0.6 is 0 Å². The lowest BCUT2D eigenvalue weighted by atomic mass is 9.99. The molecule has 1 aromatic heterocycles. The van der Waals surface area contributed by atoms with Crippen molar-refractivity contribution in [2.24, 2.45) is 11.8 Å². The van der Waals surface area contributed by atoms with Crippen LogP contribution < -0.4 is 4.74 Å². The van der Waals surface area contributed by atoms with E-state index in [1.807, 2.05) is 6.92 Å². The quantitative estimate of drug-likeness (QED) is 0.619. The summed E-state index contributed by atoms with van der Waals surface area (Å²) in [6.07, 6.45) is 1.79. The van der Waals surface area contributed by atoms with Gasteiger partial charge in [-0.2, -0.15) is 0 Å². The molecule has 1 aliphatic heterocycles. The molecule has 0 aliphatic carbocycles. The third-order valence-corrected chi connectivity index (χ3v) is 6.14. The molecule has 2 amide bonds. The van der Waals surface area contributed by atoms with Crippen LogP contribution in [0.25, 0.3) is 0 Å². The van der Waals surface area contributed by atoms with Crippen molar-refractivity contribution in [3.63, 3.8) is 0 Å². The maximum atomic E-state index is 13.6. The summed E-state index contributed by atoms with van der Waals surface area (Å²) in [5.41, 5.74) is 1.11. The zero-order chi connectivity index (χ0) is 26.4. The number of aromatic nitrogens is 1. The number of hydrogen-bond donors (Lipinski definition) is 1. The number of hydrogen-bond acceptors (Lipinski definition) is 5. The highest BCUT2D eigenvalue weighted by molar-refractivity contribution is 5.97. The maximum absolute atomic E-state index is 13.6. The van der Waals surface area contributed by atoms with Gasteiger partial charge in [-0.15, -0.1) is 0 Å². The second-order valence-corrected chi connectivity index (χ2v) is 9.80. The number of benzene rings is 1. The van der Waals surface area contributed by atoms with Crippen LogP contribution in [0.4, 0.5) is 4.39 Å². The first kappa shape index (κ1) is 27.2. The van der Waals surface area contributed by atoms with Crippen molar-refractivity contribution in [1.82, 2.24) is 14.8 Å². The molecule has 0 radical (unpaired) electrons. The van der Waals surface area contributed by atoms with Gasteiger partial charge in [-0.25, -0.2) is 9.37 Å². The number of aliphatic hydroxyl groups is 1. The highest BCUT2D eigenvalue weighted by Crippen LogP contribution is 2.27. The van der Waals surface area contributed by atoms with E-state index in [4.69, 9.17) is 4.74 Å². The molecule has 3 atom stereocenters. The Bertz CT molecular complexity index is 1160. The lowest BCUT2D eigenvalue weighted by Gasteiger charge is -2.37. The van der Waals surface area contributed by atoms with Crippen molar-refractivity contribution in [3.8, 4) is 17.7 Å². The van der Waals surface area contributed by atoms with E-state index in [-0.39, 0.29) is 47.9 Å². The number of amides is 2. The lowest BCUT2D eigenvalue weighted by molar-refractivity contribution is 0.0313. The van der Waals surface area contributed by atoms with Crippen molar-refractivity contribution < 1.29 is 23.8 Å². The molecule has 0 spiro atoms. The summed E-state index contributed by atoms with van der Waals surface area (Å²) in [6.45, 7) is 8.18. The lowest BCUT2D eigenvalue weighted by Crippen LogP contribution is -2.50. The molecule has 192 valence electrons. The molecule has 3 rings (SSSR count). The fourth-order valence-corrected chi connectivity index (χ4v) is 3.94. The van der Waals surface area contributed by atoms with Gasteiger partial charge in [0.25, 0.3) is 11.8 Å². The Morgan fingerprint density at radius 3 is 2.75 bits per heavy atom. The van der Waals surface area contributed by atoms with Gasteiger partial charge >= 0.3 is 0 Å². The predicted molar refractivity (Wildman–Crippen MR) is 135 cm³/mol.